The van der Waals surface area contributed by atoms with Crippen molar-refractivity contribution in [1.82, 2.24) is 19.3 Å². The largest absolute Gasteiger partial charge is 0.444 e. The number of likely N-dealkylation sites (tertiary alicyclic amines) is 1. The summed E-state index contributed by atoms with van der Waals surface area (Å²) in [5, 5.41) is 4.20. The number of imidazole rings is 1. The zero-order valence-electron chi connectivity index (χ0n) is 17.7. The number of carbonyl (C=O) groups excluding carboxylic acids is 1. The molecule has 0 spiro atoms. The van der Waals surface area contributed by atoms with Gasteiger partial charge in [0.15, 0.2) is 11.5 Å². The molecule has 1 aliphatic rings. The molecule has 1 fully saturated rings. The molecule has 0 radical (unpaired) electrons. The summed E-state index contributed by atoms with van der Waals surface area (Å²) < 4.78 is 8.52. The lowest BCUT2D eigenvalue weighted by molar-refractivity contribution is 0.0206. The Morgan fingerprint density at radius 1 is 1.29 bits per heavy atom. The molecule has 1 atom stereocenters. The fourth-order valence-electron chi connectivity index (χ4n) is 3.59. The Morgan fingerprint density at radius 2 is 2.03 bits per heavy atom. The minimum absolute atomic E-state index is 0.0771. The first-order chi connectivity index (χ1) is 14.7. The highest BCUT2D eigenvalue weighted by molar-refractivity contribution is 14.1. The first-order valence-electron chi connectivity index (χ1n) is 10.2. The molecule has 1 aliphatic heterocycles. The summed E-state index contributed by atoms with van der Waals surface area (Å²) in [5.74, 6) is 0.705. The van der Waals surface area contributed by atoms with Crippen LogP contribution < -0.4 is 5.32 Å². The van der Waals surface area contributed by atoms with E-state index >= 15 is 0 Å². The number of anilines is 1. The lowest BCUT2D eigenvalue weighted by Crippen LogP contribution is -2.47. The minimum atomic E-state index is -0.505. The molecule has 1 aromatic carbocycles. The number of fused-ring (bicyclic) bond motifs is 1. The molecular weight excluding hydrogens is 529 g/mol. The highest BCUT2D eigenvalue weighted by atomic mass is 127. The van der Waals surface area contributed by atoms with Gasteiger partial charge in [0, 0.05) is 35.9 Å². The smallest absolute Gasteiger partial charge is 0.410 e. The van der Waals surface area contributed by atoms with Crippen molar-refractivity contribution in [2.75, 3.05) is 18.4 Å². The van der Waals surface area contributed by atoms with Crippen LogP contribution in [0.5, 0.6) is 0 Å². The SMILES string of the molecule is CC(C)(C)OC(=O)N1CCC[C@H](Nc2ncc(I)n3cc(-c4ccc(Cl)cc4)nc23)C1. The Hall–Kier alpha value is -2.07. The van der Waals surface area contributed by atoms with Gasteiger partial charge in [0.05, 0.1) is 11.9 Å². The molecule has 1 saturated heterocycles. The maximum absolute atomic E-state index is 12.5. The van der Waals surface area contributed by atoms with E-state index in [0.717, 1.165) is 33.4 Å². The summed E-state index contributed by atoms with van der Waals surface area (Å²) in [6.07, 6.45) is 5.40. The summed E-state index contributed by atoms with van der Waals surface area (Å²) >= 11 is 8.27. The van der Waals surface area contributed by atoms with Crippen LogP contribution in [-0.4, -0.2) is 50.1 Å². The van der Waals surface area contributed by atoms with E-state index in [1.165, 1.54) is 0 Å². The lowest BCUT2D eigenvalue weighted by atomic mass is 10.1. The maximum Gasteiger partial charge on any atom is 0.410 e. The van der Waals surface area contributed by atoms with Crippen LogP contribution in [0.4, 0.5) is 10.6 Å². The van der Waals surface area contributed by atoms with Gasteiger partial charge in [-0.3, -0.25) is 4.40 Å². The molecule has 3 aromatic rings. The van der Waals surface area contributed by atoms with Gasteiger partial charge in [-0.2, -0.15) is 0 Å². The fourth-order valence-corrected chi connectivity index (χ4v) is 4.22. The maximum atomic E-state index is 12.5. The van der Waals surface area contributed by atoms with Crippen LogP contribution in [0, 0.1) is 3.70 Å². The van der Waals surface area contributed by atoms with Crippen LogP contribution in [0.1, 0.15) is 33.6 Å². The molecule has 9 heteroatoms. The van der Waals surface area contributed by atoms with Gasteiger partial charge in [-0.25, -0.2) is 14.8 Å². The Morgan fingerprint density at radius 3 is 2.74 bits per heavy atom. The highest BCUT2D eigenvalue weighted by Gasteiger charge is 2.28. The molecular formula is C22H25ClIN5O2. The van der Waals surface area contributed by atoms with Gasteiger partial charge in [-0.15, -0.1) is 0 Å². The number of hydrogen-bond donors (Lipinski definition) is 1. The molecule has 0 unspecified atom stereocenters. The molecule has 4 rings (SSSR count). The van der Waals surface area contributed by atoms with Crippen molar-refractivity contribution < 1.29 is 9.53 Å². The number of amides is 1. The molecule has 3 heterocycles. The zero-order valence-corrected chi connectivity index (χ0v) is 20.6. The van der Waals surface area contributed by atoms with Crippen LogP contribution in [0.15, 0.2) is 36.7 Å². The van der Waals surface area contributed by atoms with Crippen LogP contribution in [0.25, 0.3) is 16.9 Å². The van der Waals surface area contributed by atoms with Crippen LogP contribution in [0.3, 0.4) is 0 Å². The number of halogens is 2. The van der Waals surface area contributed by atoms with Crippen molar-refractivity contribution in [2.45, 2.75) is 45.3 Å². The molecule has 31 heavy (non-hydrogen) atoms. The molecule has 0 saturated carbocycles. The standard InChI is InChI=1S/C22H25ClIN5O2/c1-22(2,3)31-21(30)28-10-4-5-16(12-28)26-19-20-27-17(13-29(20)18(24)11-25-19)14-6-8-15(23)9-7-14/h6-9,11,13,16H,4-5,10,12H2,1-3H3,(H,25,26)/t16-/m0/s1. The van der Waals surface area contributed by atoms with Crippen molar-refractivity contribution in [3.63, 3.8) is 0 Å². The summed E-state index contributed by atoms with van der Waals surface area (Å²) in [6, 6.07) is 7.70. The quantitative estimate of drug-likeness (QED) is 0.436. The third-order valence-electron chi connectivity index (χ3n) is 5.00. The third-order valence-corrected chi connectivity index (χ3v) is 6.05. The number of benzene rings is 1. The molecule has 2 aromatic heterocycles. The second-order valence-electron chi connectivity index (χ2n) is 8.67. The van der Waals surface area contributed by atoms with Crippen molar-refractivity contribution in [2.24, 2.45) is 0 Å². The first kappa shape index (κ1) is 22.1. The van der Waals surface area contributed by atoms with Crippen molar-refractivity contribution in [3.05, 3.63) is 45.4 Å². The number of rotatable bonds is 3. The number of piperidine rings is 1. The van der Waals surface area contributed by atoms with E-state index in [9.17, 15) is 4.79 Å². The van der Waals surface area contributed by atoms with Gasteiger partial charge >= 0.3 is 6.09 Å². The van der Waals surface area contributed by atoms with Gasteiger partial charge < -0.3 is 15.0 Å². The summed E-state index contributed by atoms with van der Waals surface area (Å²) in [6.45, 7) is 6.92. The Bertz CT molecular complexity index is 1090. The summed E-state index contributed by atoms with van der Waals surface area (Å²) in [4.78, 5) is 23.7. The Kier molecular flexibility index (Phi) is 6.30. The van der Waals surface area contributed by atoms with Crippen LogP contribution in [-0.2, 0) is 4.74 Å². The van der Waals surface area contributed by atoms with E-state index in [4.69, 9.17) is 21.3 Å². The number of carbonyl (C=O) groups is 1. The fraction of sp³-hybridized carbons (Fsp3) is 0.409. The molecule has 0 aliphatic carbocycles. The molecule has 1 N–H and O–H groups in total. The highest BCUT2D eigenvalue weighted by Crippen LogP contribution is 2.26. The number of aromatic nitrogens is 3. The third kappa shape index (κ3) is 5.23. The van der Waals surface area contributed by atoms with Crippen molar-refractivity contribution in [3.8, 4) is 11.3 Å². The predicted octanol–water partition coefficient (Wildman–Crippen LogP) is 5.47. The topological polar surface area (TPSA) is 71.8 Å². The van der Waals surface area contributed by atoms with Gasteiger partial charge in [0.1, 0.15) is 9.30 Å². The van der Waals surface area contributed by atoms with Crippen LogP contribution in [0.2, 0.25) is 5.02 Å². The first-order valence-corrected chi connectivity index (χ1v) is 11.7. The second kappa shape index (κ2) is 8.82. The van der Waals surface area contributed by atoms with Gasteiger partial charge in [-0.05, 0) is 68.3 Å². The van der Waals surface area contributed by atoms with Gasteiger partial charge in [-0.1, -0.05) is 23.7 Å². The zero-order chi connectivity index (χ0) is 22.2. The predicted molar refractivity (Wildman–Crippen MR) is 131 cm³/mol. The van der Waals surface area contributed by atoms with E-state index in [0.29, 0.717) is 23.9 Å². The average molecular weight is 554 g/mol. The van der Waals surface area contributed by atoms with E-state index in [2.05, 4.69) is 32.9 Å². The van der Waals surface area contributed by atoms with E-state index < -0.39 is 5.60 Å². The number of nitrogens with zero attached hydrogens (tertiary/aromatic N) is 4. The molecule has 1 amide bonds. The average Bonchev–Trinajstić information content (AvgIpc) is 3.16. The van der Waals surface area contributed by atoms with E-state index in [-0.39, 0.29) is 12.1 Å². The van der Waals surface area contributed by atoms with Crippen molar-refractivity contribution in [1.29, 1.82) is 0 Å². The normalized spacial score (nSPS) is 17.1. The summed E-state index contributed by atoms with van der Waals surface area (Å²) in [7, 11) is 0. The second-order valence-corrected chi connectivity index (χ2v) is 10.2. The van der Waals surface area contributed by atoms with E-state index in [1.54, 1.807) is 4.90 Å². The van der Waals surface area contributed by atoms with Gasteiger partial charge in [0.2, 0.25) is 0 Å². The molecule has 164 valence electrons. The molecule has 7 nitrogen and oxygen atoms in total. The Balaban J connectivity index is 1.56. The minimum Gasteiger partial charge on any atom is -0.444 e. The number of nitrogens with one attached hydrogen (secondary N) is 1. The Labute approximate surface area is 200 Å². The van der Waals surface area contributed by atoms with Crippen molar-refractivity contribution >= 4 is 51.8 Å². The lowest BCUT2D eigenvalue weighted by Gasteiger charge is -2.34. The van der Waals surface area contributed by atoms with Gasteiger partial charge in [0.25, 0.3) is 0 Å². The number of ether oxygens (including phenoxy) is 1. The molecule has 0 bridgehead atoms. The van der Waals surface area contributed by atoms with E-state index in [1.807, 2.05) is 61.8 Å². The number of hydrogen-bond acceptors (Lipinski definition) is 5. The summed E-state index contributed by atoms with van der Waals surface area (Å²) in [5.41, 5.74) is 2.09. The monoisotopic (exact) mass is 553 g/mol. The van der Waals surface area contributed by atoms with Crippen LogP contribution >= 0.6 is 34.2 Å².